The van der Waals surface area contributed by atoms with Crippen LogP contribution in [0.4, 0.5) is 4.39 Å². The van der Waals surface area contributed by atoms with Crippen LogP contribution in [0.2, 0.25) is 0 Å². The molecule has 2 rings (SSSR count). The van der Waals surface area contributed by atoms with Gasteiger partial charge in [-0.25, -0.2) is 14.2 Å². The average Bonchev–Trinajstić information content (AvgIpc) is 2.53. The SMILES string of the molecule is O=C(CSc1ccccn1)NC(Cc1cccc(F)c1)C(=O)O. The van der Waals surface area contributed by atoms with Crippen molar-refractivity contribution in [2.45, 2.75) is 17.5 Å². The summed E-state index contributed by atoms with van der Waals surface area (Å²) in [7, 11) is 0. The van der Waals surface area contributed by atoms with Gasteiger partial charge >= 0.3 is 5.97 Å². The highest BCUT2D eigenvalue weighted by Crippen LogP contribution is 2.13. The van der Waals surface area contributed by atoms with Gasteiger partial charge in [0.15, 0.2) is 0 Å². The van der Waals surface area contributed by atoms with E-state index in [1.54, 1.807) is 30.5 Å². The lowest BCUT2D eigenvalue weighted by molar-refractivity contribution is -0.141. The molecule has 2 aromatic rings. The van der Waals surface area contributed by atoms with E-state index in [4.69, 9.17) is 0 Å². The van der Waals surface area contributed by atoms with Gasteiger partial charge in [-0.15, -0.1) is 0 Å². The van der Waals surface area contributed by atoms with Crippen molar-refractivity contribution in [3.05, 3.63) is 60.0 Å². The number of carbonyl (C=O) groups is 2. The molecule has 2 N–H and O–H groups in total. The highest BCUT2D eigenvalue weighted by atomic mass is 32.2. The van der Waals surface area contributed by atoms with E-state index in [1.807, 2.05) is 0 Å². The summed E-state index contributed by atoms with van der Waals surface area (Å²) in [6, 6.07) is 9.89. The molecule has 1 aromatic heterocycles. The molecule has 120 valence electrons. The first-order chi connectivity index (χ1) is 11.0. The lowest BCUT2D eigenvalue weighted by Gasteiger charge is -2.14. The van der Waals surface area contributed by atoms with Gasteiger partial charge < -0.3 is 10.4 Å². The number of aromatic nitrogens is 1. The van der Waals surface area contributed by atoms with E-state index in [2.05, 4.69) is 10.3 Å². The van der Waals surface area contributed by atoms with Gasteiger partial charge in [0.25, 0.3) is 0 Å². The van der Waals surface area contributed by atoms with Crippen molar-refractivity contribution in [1.82, 2.24) is 10.3 Å². The fourth-order valence-corrected chi connectivity index (χ4v) is 2.58. The Morgan fingerprint density at radius 3 is 2.74 bits per heavy atom. The van der Waals surface area contributed by atoms with Gasteiger partial charge in [-0.05, 0) is 29.8 Å². The Balaban J connectivity index is 1.91. The van der Waals surface area contributed by atoms with Gasteiger partial charge in [-0.3, -0.25) is 4.79 Å². The van der Waals surface area contributed by atoms with Gasteiger partial charge in [0.1, 0.15) is 11.9 Å². The molecule has 5 nitrogen and oxygen atoms in total. The number of carboxylic acids is 1. The Bertz CT molecular complexity index is 682. The molecule has 0 spiro atoms. The van der Waals surface area contributed by atoms with E-state index < -0.39 is 23.7 Å². The number of hydrogen-bond acceptors (Lipinski definition) is 4. The Kier molecular flexibility index (Phi) is 6.10. The minimum Gasteiger partial charge on any atom is -0.480 e. The van der Waals surface area contributed by atoms with Crippen LogP contribution in [0.3, 0.4) is 0 Å². The highest BCUT2D eigenvalue weighted by molar-refractivity contribution is 7.99. The van der Waals surface area contributed by atoms with Crippen LogP contribution in [0.15, 0.2) is 53.7 Å². The van der Waals surface area contributed by atoms with E-state index in [1.165, 1.54) is 30.0 Å². The molecule has 0 saturated carbocycles. The van der Waals surface area contributed by atoms with Crippen LogP contribution in [-0.2, 0) is 16.0 Å². The maximum atomic E-state index is 13.1. The number of benzene rings is 1. The van der Waals surface area contributed by atoms with Gasteiger partial charge in [-0.2, -0.15) is 0 Å². The molecule has 0 aliphatic carbocycles. The number of nitrogens with zero attached hydrogens (tertiary/aromatic N) is 1. The van der Waals surface area contributed by atoms with E-state index >= 15 is 0 Å². The number of hydrogen-bond donors (Lipinski definition) is 2. The monoisotopic (exact) mass is 334 g/mol. The number of carbonyl (C=O) groups excluding carboxylic acids is 1. The molecule has 1 atom stereocenters. The fourth-order valence-electron chi connectivity index (χ4n) is 1.91. The molecule has 7 heteroatoms. The number of pyridine rings is 1. The molecule has 0 radical (unpaired) electrons. The zero-order valence-corrected chi connectivity index (χ0v) is 12.9. The third-order valence-electron chi connectivity index (χ3n) is 2.95. The Hall–Kier alpha value is -2.41. The molecule has 1 amide bonds. The van der Waals surface area contributed by atoms with Crippen LogP contribution in [0.5, 0.6) is 0 Å². The van der Waals surface area contributed by atoms with Crippen molar-refractivity contribution >= 4 is 23.6 Å². The number of rotatable bonds is 7. The summed E-state index contributed by atoms with van der Waals surface area (Å²) in [6.07, 6.45) is 1.64. The molecule has 0 saturated heterocycles. The van der Waals surface area contributed by atoms with Crippen molar-refractivity contribution in [2.24, 2.45) is 0 Å². The molecule has 0 aliphatic rings. The molecule has 0 aliphatic heterocycles. The average molecular weight is 334 g/mol. The number of carboxylic acid groups (broad SMARTS) is 1. The van der Waals surface area contributed by atoms with Crippen molar-refractivity contribution in [2.75, 3.05) is 5.75 Å². The number of nitrogens with one attached hydrogen (secondary N) is 1. The Morgan fingerprint density at radius 1 is 1.26 bits per heavy atom. The first-order valence-corrected chi connectivity index (χ1v) is 7.83. The molecule has 23 heavy (non-hydrogen) atoms. The van der Waals surface area contributed by atoms with E-state index in [0.29, 0.717) is 10.6 Å². The lowest BCUT2D eigenvalue weighted by atomic mass is 10.1. The van der Waals surface area contributed by atoms with Crippen LogP contribution in [0.25, 0.3) is 0 Å². The third kappa shape index (κ3) is 5.71. The van der Waals surface area contributed by atoms with Gasteiger partial charge in [0.2, 0.25) is 5.91 Å². The van der Waals surface area contributed by atoms with Crippen LogP contribution in [-0.4, -0.2) is 33.8 Å². The number of thioether (sulfide) groups is 1. The number of aliphatic carboxylic acids is 1. The van der Waals surface area contributed by atoms with Gasteiger partial charge in [-0.1, -0.05) is 30.0 Å². The minimum absolute atomic E-state index is 0.0209. The normalized spacial score (nSPS) is 11.7. The largest absolute Gasteiger partial charge is 0.480 e. The van der Waals surface area contributed by atoms with Crippen LogP contribution < -0.4 is 5.32 Å². The predicted molar refractivity (Wildman–Crippen MR) is 84.6 cm³/mol. The summed E-state index contributed by atoms with van der Waals surface area (Å²) in [5, 5.41) is 12.3. The maximum Gasteiger partial charge on any atom is 0.326 e. The maximum absolute atomic E-state index is 13.1. The van der Waals surface area contributed by atoms with Crippen molar-refractivity contribution in [1.29, 1.82) is 0 Å². The Labute approximate surface area is 136 Å². The first kappa shape index (κ1) is 17.0. The molecule has 0 fully saturated rings. The second-order valence-electron chi connectivity index (χ2n) is 4.75. The number of halogens is 1. The summed E-state index contributed by atoms with van der Waals surface area (Å²) in [5.41, 5.74) is 0.509. The van der Waals surface area contributed by atoms with Crippen LogP contribution in [0, 0.1) is 5.82 Å². The smallest absolute Gasteiger partial charge is 0.326 e. The van der Waals surface area contributed by atoms with E-state index in [9.17, 15) is 19.1 Å². The topological polar surface area (TPSA) is 79.3 Å². The van der Waals surface area contributed by atoms with Gasteiger partial charge in [0.05, 0.1) is 10.8 Å². The highest BCUT2D eigenvalue weighted by Gasteiger charge is 2.20. The summed E-state index contributed by atoms with van der Waals surface area (Å²) in [5.74, 6) is -1.96. The fraction of sp³-hybridized carbons (Fsp3) is 0.188. The van der Waals surface area contributed by atoms with E-state index in [0.717, 1.165) is 0 Å². The standard InChI is InChI=1S/C16H15FN2O3S/c17-12-5-3-4-11(8-12)9-13(16(21)22)19-14(20)10-23-15-6-1-2-7-18-15/h1-8,13H,9-10H2,(H,19,20)(H,21,22). The molecule has 1 unspecified atom stereocenters. The van der Waals surface area contributed by atoms with Crippen LogP contribution >= 0.6 is 11.8 Å². The second-order valence-corrected chi connectivity index (χ2v) is 5.74. The molecule has 0 bridgehead atoms. The van der Waals surface area contributed by atoms with Crippen LogP contribution in [0.1, 0.15) is 5.56 Å². The predicted octanol–water partition coefficient (Wildman–Crippen LogP) is 2.12. The van der Waals surface area contributed by atoms with Crippen molar-refractivity contribution < 1.29 is 19.1 Å². The zero-order valence-electron chi connectivity index (χ0n) is 12.1. The van der Waals surface area contributed by atoms with E-state index in [-0.39, 0.29) is 12.2 Å². The van der Waals surface area contributed by atoms with Crippen molar-refractivity contribution in [3.63, 3.8) is 0 Å². The zero-order chi connectivity index (χ0) is 16.7. The third-order valence-corrected chi connectivity index (χ3v) is 3.89. The molecular weight excluding hydrogens is 319 g/mol. The lowest BCUT2D eigenvalue weighted by Crippen LogP contribution is -2.43. The number of amides is 1. The van der Waals surface area contributed by atoms with Gasteiger partial charge in [0, 0.05) is 12.6 Å². The minimum atomic E-state index is -1.16. The molecule has 1 heterocycles. The summed E-state index contributed by atoms with van der Waals surface area (Å²) >= 11 is 1.21. The summed E-state index contributed by atoms with van der Waals surface area (Å²) in [4.78, 5) is 27.2. The quantitative estimate of drug-likeness (QED) is 0.758. The molecule has 1 aromatic carbocycles. The second kappa shape index (κ2) is 8.28. The Morgan fingerprint density at radius 2 is 2.09 bits per heavy atom. The molecular formula is C16H15FN2O3S. The summed E-state index contributed by atoms with van der Waals surface area (Å²) < 4.78 is 13.1. The first-order valence-electron chi connectivity index (χ1n) is 6.85. The van der Waals surface area contributed by atoms with Crippen molar-refractivity contribution in [3.8, 4) is 0 Å². The summed E-state index contributed by atoms with van der Waals surface area (Å²) in [6.45, 7) is 0.